The molecule has 0 aromatic carbocycles. The fourth-order valence-electron chi connectivity index (χ4n) is 3.72. The van der Waals surface area contributed by atoms with E-state index in [4.69, 9.17) is 0 Å². The third kappa shape index (κ3) is 20.2. The van der Waals surface area contributed by atoms with E-state index in [9.17, 15) is 0 Å². The number of hydrogen-bond donors (Lipinski definition) is 0. The Morgan fingerprint density at radius 3 is 0.885 bits per heavy atom. The molecule has 0 N–H and O–H groups in total. The molecular formula is C45H79N7. The van der Waals surface area contributed by atoms with Crippen LogP contribution in [0.5, 0.6) is 0 Å². The molecule has 3 rings (SSSR count). The molecule has 0 bridgehead atoms. The van der Waals surface area contributed by atoms with Crippen LogP contribution >= 0.6 is 0 Å². The Morgan fingerprint density at radius 1 is 0.385 bits per heavy atom. The van der Waals surface area contributed by atoms with Gasteiger partial charge in [0.1, 0.15) is 5.82 Å². The molecule has 3 aromatic rings. The minimum absolute atomic E-state index is 0.0381. The highest BCUT2D eigenvalue weighted by Gasteiger charge is 2.22. The molecule has 0 spiro atoms. The Bertz CT molecular complexity index is 1200. The fourth-order valence-corrected chi connectivity index (χ4v) is 3.72. The third-order valence-electron chi connectivity index (χ3n) is 7.42. The Hall–Kier alpha value is -3.09. The standard InChI is InChI=1S/3C12H20N2.C9H19N/c1-11(2,3)9-7-14-10(8-13-9)12(4,5)6;1-11(2,3)9-7-13-10(14-8-9)12(4,5)6;1-11(2,3)9-7-8-10(14-13-9)12(4,5)6;1-8(2,3)7-10-9(4,5)6/h3*7-8H,1-6H3;7H,1-6H3. The van der Waals surface area contributed by atoms with Gasteiger partial charge >= 0.3 is 0 Å². The Morgan fingerprint density at radius 2 is 0.712 bits per heavy atom. The second kappa shape index (κ2) is 17.8. The predicted octanol–water partition coefficient (Wildman–Crippen LogP) is 12.1. The van der Waals surface area contributed by atoms with E-state index >= 15 is 0 Å². The average Bonchev–Trinajstić information content (AvgIpc) is 2.94. The molecule has 7 nitrogen and oxygen atoms in total. The quantitative estimate of drug-likeness (QED) is 0.215. The van der Waals surface area contributed by atoms with E-state index in [1.54, 1.807) is 0 Å². The summed E-state index contributed by atoms with van der Waals surface area (Å²) in [6.07, 6.45) is 9.68. The molecule has 0 unspecified atom stereocenters. The van der Waals surface area contributed by atoms with Crippen molar-refractivity contribution in [3.05, 3.63) is 71.1 Å². The topological polar surface area (TPSA) is 89.7 Å². The summed E-state index contributed by atoms with van der Waals surface area (Å²) in [7, 11) is 0. The number of aromatic nitrogens is 6. The first-order valence-corrected chi connectivity index (χ1v) is 18.9. The Kier molecular flexibility index (Phi) is 16.8. The van der Waals surface area contributed by atoms with Crippen molar-refractivity contribution in [1.82, 2.24) is 30.1 Å². The molecule has 7 heteroatoms. The van der Waals surface area contributed by atoms with Gasteiger partial charge in [0.05, 0.1) is 28.3 Å². The zero-order valence-electron chi connectivity index (χ0n) is 38.2. The number of hydrogen-bond acceptors (Lipinski definition) is 7. The van der Waals surface area contributed by atoms with Crippen LogP contribution in [-0.4, -0.2) is 41.9 Å². The van der Waals surface area contributed by atoms with Crippen molar-refractivity contribution >= 4 is 6.21 Å². The Labute approximate surface area is 321 Å². The van der Waals surface area contributed by atoms with Crippen LogP contribution in [0.4, 0.5) is 0 Å². The van der Waals surface area contributed by atoms with Gasteiger partial charge in [-0.1, -0.05) is 145 Å². The number of aliphatic imine (C=N–C) groups is 1. The summed E-state index contributed by atoms with van der Waals surface area (Å²) in [6.45, 7) is 51.4. The largest absolute Gasteiger partial charge is 0.291 e. The molecular weight excluding hydrogens is 639 g/mol. The first kappa shape index (κ1) is 48.9. The van der Waals surface area contributed by atoms with Gasteiger partial charge in [-0.15, -0.1) is 0 Å². The second-order valence-electron chi connectivity index (χ2n) is 22.2. The Balaban J connectivity index is 0.000000673. The normalized spacial score (nSPS) is 13.3. The molecule has 0 radical (unpaired) electrons. The number of nitrogens with zero attached hydrogens (tertiary/aromatic N) is 7. The van der Waals surface area contributed by atoms with Crippen LogP contribution in [0.3, 0.4) is 0 Å². The zero-order valence-corrected chi connectivity index (χ0v) is 38.2. The van der Waals surface area contributed by atoms with Crippen LogP contribution < -0.4 is 0 Å². The smallest absolute Gasteiger partial charge is 0.133 e. The van der Waals surface area contributed by atoms with Crippen LogP contribution in [0, 0.1) is 5.41 Å². The van der Waals surface area contributed by atoms with Gasteiger partial charge in [-0.3, -0.25) is 15.0 Å². The van der Waals surface area contributed by atoms with Crippen LogP contribution in [0.25, 0.3) is 0 Å². The molecule has 0 aliphatic rings. The van der Waals surface area contributed by atoms with E-state index in [1.807, 2.05) is 31.0 Å². The van der Waals surface area contributed by atoms with Crippen molar-refractivity contribution in [3.63, 3.8) is 0 Å². The molecule has 0 aliphatic heterocycles. The van der Waals surface area contributed by atoms with E-state index in [1.165, 1.54) is 5.56 Å². The van der Waals surface area contributed by atoms with Gasteiger partial charge < -0.3 is 0 Å². The summed E-state index contributed by atoms with van der Waals surface area (Å²) < 4.78 is 0. The predicted molar refractivity (Wildman–Crippen MR) is 226 cm³/mol. The first-order chi connectivity index (χ1) is 22.8. The van der Waals surface area contributed by atoms with Crippen molar-refractivity contribution in [1.29, 1.82) is 0 Å². The van der Waals surface area contributed by atoms with Gasteiger partial charge in [-0.2, -0.15) is 10.2 Å². The van der Waals surface area contributed by atoms with E-state index < -0.39 is 0 Å². The molecule has 0 atom stereocenters. The van der Waals surface area contributed by atoms with Gasteiger partial charge in [-0.25, -0.2) is 9.97 Å². The molecule has 294 valence electrons. The van der Waals surface area contributed by atoms with Crippen LogP contribution in [0.15, 0.2) is 41.9 Å². The van der Waals surface area contributed by atoms with Gasteiger partial charge in [0.25, 0.3) is 0 Å². The zero-order chi connectivity index (χ0) is 41.4. The van der Waals surface area contributed by atoms with E-state index in [0.717, 1.165) is 28.6 Å². The van der Waals surface area contributed by atoms with Crippen molar-refractivity contribution in [2.24, 2.45) is 10.4 Å². The van der Waals surface area contributed by atoms with Crippen LogP contribution in [-0.2, 0) is 32.5 Å². The summed E-state index contributed by atoms with van der Waals surface area (Å²) in [5, 5.41) is 8.53. The summed E-state index contributed by atoms with van der Waals surface area (Å²) in [4.78, 5) is 22.1. The lowest BCUT2D eigenvalue weighted by molar-refractivity contribution is 0.527. The van der Waals surface area contributed by atoms with Crippen LogP contribution in [0.2, 0.25) is 0 Å². The average molecular weight is 718 g/mol. The van der Waals surface area contributed by atoms with E-state index in [-0.39, 0.29) is 43.4 Å². The lowest BCUT2D eigenvalue weighted by Gasteiger charge is -2.20. The van der Waals surface area contributed by atoms with E-state index in [0.29, 0.717) is 0 Å². The highest BCUT2D eigenvalue weighted by atomic mass is 15.1. The van der Waals surface area contributed by atoms with Crippen molar-refractivity contribution in [3.8, 4) is 0 Å². The minimum atomic E-state index is 0.0381. The maximum atomic E-state index is 4.45. The molecule has 0 aliphatic carbocycles. The number of rotatable bonds is 0. The SMILES string of the molecule is CC(C)(C)C=NC(C)(C)C.CC(C)(C)c1ccc(C(C)(C)C)nn1.CC(C)(C)c1cnc(C(C)(C)C)cn1.CC(C)(C)c1cnc(C(C)(C)C)nc1. The summed E-state index contributed by atoms with van der Waals surface area (Å²) in [5.41, 5.74) is 6.19. The molecule has 0 amide bonds. The lowest BCUT2D eigenvalue weighted by atomic mass is 9.89. The molecule has 0 saturated carbocycles. The van der Waals surface area contributed by atoms with Crippen molar-refractivity contribution < 1.29 is 0 Å². The molecule has 0 fully saturated rings. The van der Waals surface area contributed by atoms with Gasteiger partial charge in [0, 0.05) is 58.1 Å². The van der Waals surface area contributed by atoms with Crippen molar-refractivity contribution in [2.75, 3.05) is 0 Å². The minimum Gasteiger partial charge on any atom is -0.291 e. The van der Waals surface area contributed by atoms with Crippen LogP contribution in [0.1, 0.15) is 200 Å². The fraction of sp³-hybridized carbons (Fsp3) is 0.711. The molecule has 52 heavy (non-hydrogen) atoms. The first-order valence-electron chi connectivity index (χ1n) is 18.9. The monoisotopic (exact) mass is 718 g/mol. The maximum absolute atomic E-state index is 4.45. The van der Waals surface area contributed by atoms with E-state index in [2.05, 4.69) is 213 Å². The summed E-state index contributed by atoms with van der Waals surface area (Å²) in [6, 6.07) is 4.15. The lowest BCUT2D eigenvalue weighted by Crippen LogP contribution is -2.18. The molecule has 0 saturated heterocycles. The summed E-state index contributed by atoms with van der Waals surface area (Å²) in [5.74, 6) is 0.908. The third-order valence-corrected chi connectivity index (χ3v) is 7.42. The molecule has 3 aromatic heterocycles. The maximum Gasteiger partial charge on any atom is 0.133 e. The highest BCUT2D eigenvalue weighted by molar-refractivity contribution is 5.64. The van der Waals surface area contributed by atoms with Crippen molar-refractivity contribution in [2.45, 2.75) is 204 Å². The van der Waals surface area contributed by atoms with Gasteiger partial charge in [0.2, 0.25) is 0 Å². The summed E-state index contributed by atoms with van der Waals surface area (Å²) >= 11 is 0. The molecule has 3 heterocycles. The second-order valence-corrected chi connectivity index (χ2v) is 22.2. The van der Waals surface area contributed by atoms with Gasteiger partial charge in [-0.05, 0) is 49.3 Å². The highest BCUT2D eigenvalue weighted by Crippen LogP contribution is 2.25. The van der Waals surface area contributed by atoms with Gasteiger partial charge in [0.15, 0.2) is 0 Å².